The molecule has 0 saturated heterocycles. The Kier molecular flexibility index (Phi) is 6.24. The van der Waals surface area contributed by atoms with Crippen molar-refractivity contribution in [3.8, 4) is 11.4 Å². The van der Waals surface area contributed by atoms with Crippen LogP contribution in [-0.4, -0.2) is 45.0 Å². The van der Waals surface area contributed by atoms with Crippen molar-refractivity contribution in [2.45, 2.75) is 23.8 Å². The highest BCUT2D eigenvalue weighted by atomic mass is 32.2. The Morgan fingerprint density at radius 2 is 2.19 bits per heavy atom. The third-order valence-electron chi connectivity index (χ3n) is 3.66. The largest absolute Gasteiger partial charge is 0.494 e. The van der Waals surface area contributed by atoms with E-state index in [0.717, 1.165) is 12.1 Å². The number of benzene rings is 1. The van der Waals surface area contributed by atoms with Crippen molar-refractivity contribution < 1.29 is 9.53 Å². The van der Waals surface area contributed by atoms with Gasteiger partial charge in [-0.15, -0.1) is 16.4 Å². The second kappa shape index (κ2) is 8.81. The van der Waals surface area contributed by atoms with Gasteiger partial charge in [-0.05, 0) is 47.4 Å². The molecule has 0 aliphatic rings. The van der Waals surface area contributed by atoms with Gasteiger partial charge in [0.25, 0.3) is 0 Å². The van der Waals surface area contributed by atoms with Crippen molar-refractivity contribution >= 4 is 29.0 Å². The maximum atomic E-state index is 12.3. The van der Waals surface area contributed by atoms with E-state index in [2.05, 4.69) is 26.9 Å². The maximum Gasteiger partial charge on any atom is 0.233 e. The SMILES string of the molecule is COc1ccccc1-n1nnnc1S[C@H](C)C(=O)NCCc1cccs1. The molecule has 0 aliphatic heterocycles. The molecule has 9 heteroatoms. The molecule has 0 fully saturated rings. The van der Waals surface area contributed by atoms with E-state index < -0.39 is 0 Å². The summed E-state index contributed by atoms with van der Waals surface area (Å²) >= 11 is 3.00. The monoisotopic (exact) mass is 389 g/mol. The van der Waals surface area contributed by atoms with E-state index in [1.807, 2.05) is 42.6 Å². The number of hydrogen-bond acceptors (Lipinski definition) is 7. The number of carbonyl (C=O) groups excluding carboxylic acids is 1. The molecule has 7 nitrogen and oxygen atoms in total. The highest BCUT2D eigenvalue weighted by Crippen LogP contribution is 2.27. The van der Waals surface area contributed by atoms with Crippen molar-refractivity contribution in [2.24, 2.45) is 0 Å². The van der Waals surface area contributed by atoms with Crippen molar-refractivity contribution in [1.82, 2.24) is 25.5 Å². The number of methoxy groups -OCH3 is 1. The summed E-state index contributed by atoms with van der Waals surface area (Å²) in [6.45, 7) is 2.45. The fourth-order valence-electron chi connectivity index (χ4n) is 2.33. The van der Waals surface area contributed by atoms with Gasteiger partial charge in [-0.2, -0.15) is 4.68 Å². The first kappa shape index (κ1) is 18.4. The zero-order chi connectivity index (χ0) is 18.4. The van der Waals surface area contributed by atoms with Crippen LogP contribution in [0.5, 0.6) is 5.75 Å². The summed E-state index contributed by atoms with van der Waals surface area (Å²) in [7, 11) is 1.60. The number of carbonyl (C=O) groups is 1. The van der Waals surface area contributed by atoms with Gasteiger partial charge in [0.15, 0.2) is 0 Å². The van der Waals surface area contributed by atoms with Gasteiger partial charge in [0.05, 0.1) is 12.4 Å². The van der Waals surface area contributed by atoms with Crippen LogP contribution in [-0.2, 0) is 11.2 Å². The average molecular weight is 390 g/mol. The van der Waals surface area contributed by atoms with Gasteiger partial charge >= 0.3 is 0 Å². The van der Waals surface area contributed by atoms with Crippen LogP contribution in [0.4, 0.5) is 0 Å². The third kappa shape index (κ3) is 4.41. The number of nitrogens with one attached hydrogen (secondary N) is 1. The smallest absolute Gasteiger partial charge is 0.233 e. The number of amides is 1. The second-order valence-corrected chi connectivity index (χ2v) is 7.77. The van der Waals surface area contributed by atoms with Crippen LogP contribution in [0, 0.1) is 0 Å². The van der Waals surface area contributed by atoms with Crippen LogP contribution in [0.2, 0.25) is 0 Å². The van der Waals surface area contributed by atoms with Crippen LogP contribution < -0.4 is 10.1 Å². The number of thioether (sulfide) groups is 1. The van der Waals surface area contributed by atoms with Crippen molar-refractivity contribution in [3.63, 3.8) is 0 Å². The zero-order valence-corrected chi connectivity index (χ0v) is 16.1. The van der Waals surface area contributed by atoms with E-state index in [4.69, 9.17) is 4.74 Å². The Bertz CT molecular complexity index is 850. The molecule has 1 amide bonds. The minimum Gasteiger partial charge on any atom is -0.494 e. The summed E-state index contributed by atoms with van der Waals surface area (Å²) in [5.41, 5.74) is 0.729. The molecule has 0 bridgehead atoms. The van der Waals surface area contributed by atoms with E-state index >= 15 is 0 Å². The Morgan fingerprint density at radius 3 is 2.96 bits per heavy atom. The Morgan fingerprint density at radius 1 is 1.35 bits per heavy atom. The molecule has 0 unspecified atom stereocenters. The number of rotatable bonds is 8. The summed E-state index contributed by atoms with van der Waals surface area (Å²) < 4.78 is 6.94. The van der Waals surface area contributed by atoms with Gasteiger partial charge in [0, 0.05) is 11.4 Å². The highest BCUT2D eigenvalue weighted by molar-refractivity contribution is 8.00. The van der Waals surface area contributed by atoms with Gasteiger partial charge < -0.3 is 10.1 Å². The molecule has 1 aromatic carbocycles. The van der Waals surface area contributed by atoms with E-state index in [1.165, 1.54) is 16.6 Å². The lowest BCUT2D eigenvalue weighted by atomic mass is 10.3. The number of ether oxygens (including phenoxy) is 1. The van der Waals surface area contributed by atoms with Gasteiger partial charge in [0.1, 0.15) is 11.4 Å². The van der Waals surface area contributed by atoms with Gasteiger partial charge in [-0.3, -0.25) is 4.79 Å². The lowest BCUT2D eigenvalue weighted by Crippen LogP contribution is -2.32. The predicted octanol–water partition coefficient (Wildman–Crippen LogP) is 2.57. The first-order chi connectivity index (χ1) is 12.7. The quantitative estimate of drug-likeness (QED) is 0.596. The van der Waals surface area contributed by atoms with E-state index in [1.54, 1.807) is 23.1 Å². The number of aromatic nitrogens is 4. The van der Waals surface area contributed by atoms with Crippen LogP contribution in [0.3, 0.4) is 0 Å². The Labute approximate surface area is 159 Å². The molecule has 0 saturated carbocycles. The number of tetrazole rings is 1. The molecule has 2 aromatic heterocycles. The molecule has 0 spiro atoms. The first-order valence-electron chi connectivity index (χ1n) is 8.07. The molecule has 3 rings (SSSR count). The standard InChI is InChI=1S/C17H19N5O2S2/c1-12(16(23)18-10-9-13-6-5-11-25-13)26-17-19-20-21-22(17)14-7-3-4-8-15(14)24-2/h3-8,11-12H,9-10H2,1-2H3,(H,18,23)/t12-/m1/s1. The topological polar surface area (TPSA) is 81.9 Å². The second-order valence-electron chi connectivity index (χ2n) is 5.43. The van der Waals surface area contributed by atoms with Crippen LogP contribution >= 0.6 is 23.1 Å². The zero-order valence-electron chi connectivity index (χ0n) is 14.5. The third-order valence-corrected chi connectivity index (χ3v) is 5.63. The van der Waals surface area contributed by atoms with Crippen molar-refractivity contribution in [2.75, 3.05) is 13.7 Å². The van der Waals surface area contributed by atoms with Crippen molar-refractivity contribution in [3.05, 3.63) is 46.7 Å². The molecule has 1 N–H and O–H groups in total. The van der Waals surface area contributed by atoms with Crippen LogP contribution in [0.15, 0.2) is 46.9 Å². The summed E-state index contributed by atoms with van der Waals surface area (Å²) in [5, 5.41) is 17.0. The van der Waals surface area contributed by atoms with Crippen molar-refractivity contribution in [1.29, 1.82) is 0 Å². The number of para-hydroxylation sites is 2. The summed E-state index contributed by atoms with van der Waals surface area (Å²) in [6, 6.07) is 11.5. The summed E-state index contributed by atoms with van der Waals surface area (Å²) in [6.07, 6.45) is 0.833. The van der Waals surface area contributed by atoms with Gasteiger partial charge in [-0.25, -0.2) is 0 Å². The average Bonchev–Trinajstić information content (AvgIpc) is 3.33. The van der Waals surface area contributed by atoms with Crippen LogP contribution in [0.25, 0.3) is 5.69 Å². The molecule has 0 aliphatic carbocycles. The molecule has 2 heterocycles. The van der Waals surface area contributed by atoms with E-state index in [0.29, 0.717) is 17.5 Å². The molecular weight excluding hydrogens is 370 g/mol. The normalized spacial score (nSPS) is 11.9. The van der Waals surface area contributed by atoms with Gasteiger partial charge in [-0.1, -0.05) is 30.0 Å². The molecule has 136 valence electrons. The van der Waals surface area contributed by atoms with E-state index in [9.17, 15) is 4.79 Å². The predicted molar refractivity (Wildman–Crippen MR) is 102 cm³/mol. The minimum atomic E-state index is -0.321. The number of nitrogens with zero attached hydrogens (tertiary/aromatic N) is 4. The summed E-state index contributed by atoms with van der Waals surface area (Å²) in [4.78, 5) is 13.6. The Balaban J connectivity index is 1.62. The molecular formula is C17H19N5O2S2. The van der Waals surface area contributed by atoms with Gasteiger partial charge in [0.2, 0.25) is 11.1 Å². The molecule has 3 aromatic rings. The fourth-order valence-corrected chi connectivity index (χ4v) is 3.86. The maximum absolute atomic E-state index is 12.3. The first-order valence-corrected chi connectivity index (χ1v) is 9.83. The number of thiophene rings is 1. The van der Waals surface area contributed by atoms with Crippen LogP contribution in [0.1, 0.15) is 11.8 Å². The lowest BCUT2D eigenvalue weighted by Gasteiger charge is -2.12. The minimum absolute atomic E-state index is 0.0406. The molecule has 0 radical (unpaired) electrons. The Hall–Kier alpha value is -2.39. The highest BCUT2D eigenvalue weighted by Gasteiger charge is 2.20. The lowest BCUT2D eigenvalue weighted by molar-refractivity contribution is -0.120. The number of hydrogen-bond donors (Lipinski definition) is 1. The molecule has 26 heavy (non-hydrogen) atoms. The molecule has 1 atom stereocenters. The summed E-state index contributed by atoms with van der Waals surface area (Å²) in [5.74, 6) is 0.621. The fraction of sp³-hybridized carbons (Fsp3) is 0.294. The van der Waals surface area contributed by atoms with E-state index in [-0.39, 0.29) is 11.2 Å².